The van der Waals surface area contributed by atoms with Gasteiger partial charge in [-0.3, -0.25) is 0 Å². The first-order valence-electron chi connectivity index (χ1n) is 4.60. The van der Waals surface area contributed by atoms with Crippen LogP contribution in [0.5, 0.6) is 0 Å². The average Bonchev–Trinajstić information content (AvgIpc) is 2.20. The molecule has 0 spiro atoms. The van der Waals surface area contributed by atoms with Gasteiger partial charge < -0.3 is 1.43 Å². The van der Waals surface area contributed by atoms with Gasteiger partial charge in [-0.05, 0) is 37.2 Å². The Morgan fingerprint density at radius 1 is 0.867 bits per heavy atom. The van der Waals surface area contributed by atoms with Crippen molar-refractivity contribution in [2.24, 2.45) is 0 Å². The topological polar surface area (TPSA) is 0 Å². The Balaban J connectivity index is -0.000000845. The van der Waals surface area contributed by atoms with Crippen molar-refractivity contribution in [2.45, 2.75) is 34.8 Å². The third-order valence-electron chi connectivity index (χ3n) is 1.50. The SMILES string of the molecule is SCCCC(S)SSC(S)CCCS.[H-].[Na+]. The van der Waals surface area contributed by atoms with E-state index in [1.807, 2.05) is 21.6 Å². The molecular formula is C8H19NaS6. The van der Waals surface area contributed by atoms with Gasteiger partial charge in [-0.25, -0.2) is 0 Å². The van der Waals surface area contributed by atoms with Crippen molar-refractivity contribution in [3.63, 3.8) is 0 Å². The molecule has 0 aliphatic rings. The van der Waals surface area contributed by atoms with Gasteiger partial charge in [0.05, 0.1) is 9.16 Å². The van der Waals surface area contributed by atoms with Crippen LogP contribution in [0, 0.1) is 0 Å². The maximum absolute atomic E-state index is 4.49. The molecule has 88 valence electrons. The molecule has 2 unspecified atom stereocenters. The van der Waals surface area contributed by atoms with E-state index in [1.165, 1.54) is 0 Å². The minimum absolute atomic E-state index is 0. The van der Waals surface area contributed by atoms with Crippen LogP contribution in [0.1, 0.15) is 27.1 Å². The van der Waals surface area contributed by atoms with E-state index in [0.29, 0.717) is 9.16 Å². The molecule has 0 amide bonds. The minimum atomic E-state index is 0. The quantitative estimate of drug-likeness (QED) is 0.218. The van der Waals surface area contributed by atoms with Crippen molar-refractivity contribution in [3.8, 4) is 0 Å². The van der Waals surface area contributed by atoms with Gasteiger partial charge in [-0.2, -0.15) is 50.5 Å². The molecule has 7 heteroatoms. The number of hydrogen-bond donors (Lipinski definition) is 4. The van der Waals surface area contributed by atoms with Gasteiger partial charge in [0.25, 0.3) is 0 Å². The van der Waals surface area contributed by atoms with Crippen LogP contribution in [0.2, 0.25) is 0 Å². The molecule has 0 aromatic rings. The Kier molecular flexibility index (Phi) is 20.6. The first-order valence-corrected chi connectivity index (χ1v) is 9.18. The van der Waals surface area contributed by atoms with Crippen molar-refractivity contribution in [3.05, 3.63) is 0 Å². The summed E-state index contributed by atoms with van der Waals surface area (Å²) in [4.78, 5) is 0. The Morgan fingerprint density at radius 3 is 1.47 bits per heavy atom. The summed E-state index contributed by atoms with van der Waals surface area (Å²) >= 11 is 17.3. The van der Waals surface area contributed by atoms with Crippen molar-refractivity contribution in [2.75, 3.05) is 11.5 Å². The summed E-state index contributed by atoms with van der Waals surface area (Å²) in [5, 5.41) is 0. The van der Waals surface area contributed by atoms with Gasteiger partial charge in [-0.15, -0.1) is 0 Å². The van der Waals surface area contributed by atoms with Crippen molar-refractivity contribution < 1.29 is 31.0 Å². The zero-order valence-electron chi connectivity index (χ0n) is 10.0. The molecule has 0 aromatic carbocycles. The van der Waals surface area contributed by atoms with Crippen LogP contribution in [-0.2, 0) is 0 Å². The van der Waals surface area contributed by atoms with Crippen LogP contribution in [0.15, 0.2) is 0 Å². The first kappa shape index (κ1) is 20.4. The van der Waals surface area contributed by atoms with E-state index >= 15 is 0 Å². The van der Waals surface area contributed by atoms with E-state index in [9.17, 15) is 0 Å². The molecule has 0 aromatic heterocycles. The maximum Gasteiger partial charge on any atom is 1.00 e. The van der Waals surface area contributed by atoms with E-state index in [1.54, 1.807) is 0 Å². The summed E-state index contributed by atoms with van der Waals surface area (Å²) < 4.78 is 0.829. The van der Waals surface area contributed by atoms with E-state index < -0.39 is 0 Å². The smallest absolute Gasteiger partial charge is 1.00 e. The number of hydrogen-bond acceptors (Lipinski definition) is 6. The van der Waals surface area contributed by atoms with E-state index in [2.05, 4.69) is 50.5 Å². The van der Waals surface area contributed by atoms with Gasteiger partial charge in [0.2, 0.25) is 0 Å². The largest absolute Gasteiger partial charge is 1.00 e. The predicted molar refractivity (Wildman–Crippen MR) is 88.0 cm³/mol. The second kappa shape index (κ2) is 15.2. The Bertz CT molecular complexity index is 117. The van der Waals surface area contributed by atoms with Crippen LogP contribution < -0.4 is 29.6 Å². The summed E-state index contributed by atoms with van der Waals surface area (Å²) in [5.74, 6) is 1.90. The van der Waals surface area contributed by atoms with Crippen LogP contribution in [-0.4, -0.2) is 20.7 Å². The predicted octanol–water partition coefficient (Wildman–Crippen LogP) is 1.42. The molecule has 0 aliphatic carbocycles. The number of thiol groups is 4. The maximum atomic E-state index is 4.49. The Hall–Kier alpha value is 3.10. The monoisotopic (exact) mass is 330 g/mol. The second-order valence-electron chi connectivity index (χ2n) is 2.83. The molecule has 0 nitrogen and oxygen atoms in total. The third kappa shape index (κ3) is 15.0. The zero-order chi connectivity index (χ0) is 10.8. The Labute approximate surface area is 147 Å². The summed E-state index contributed by atoms with van der Waals surface area (Å²) in [5.41, 5.74) is 0. The van der Waals surface area contributed by atoms with E-state index in [-0.39, 0.29) is 31.0 Å². The fraction of sp³-hybridized carbons (Fsp3) is 1.00. The van der Waals surface area contributed by atoms with E-state index in [0.717, 1.165) is 37.2 Å². The molecule has 0 heterocycles. The molecule has 0 fully saturated rings. The first-order chi connectivity index (χ1) is 6.70. The molecule has 0 radical (unpaired) electrons. The molecule has 2 atom stereocenters. The van der Waals surface area contributed by atoms with Gasteiger partial charge in [0.1, 0.15) is 0 Å². The van der Waals surface area contributed by atoms with Crippen molar-refractivity contribution in [1.82, 2.24) is 0 Å². The molecule has 0 saturated carbocycles. The van der Waals surface area contributed by atoms with Crippen LogP contribution in [0.4, 0.5) is 0 Å². The molecular weight excluding hydrogens is 311 g/mol. The standard InChI is InChI=1S/C8H18S6.Na.H/c9-5-1-3-7(11)13-14-8(12)4-2-6-10;;/h7-12H,1-6H2;;/q;+1;-1. The van der Waals surface area contributed by atoms with Crippen molar-refractivity contribution >= 4 is 72.1 Å². The van der Waals surface area contributed by atoms with Gasteiger partial charge in [0.15, 0.2) is 0 Å². The molecule has 0 saturated heterocycles. The van der Waals surface area contributed by atoms with Gasteiger partial charge in [0, 0.05) is 0 Å². The fourth-order valence-electron chi connectivity index (χ4n) is 0.756. The molecule has 15 heavy (non-hydrogen) atoms. The third-order valence-corrected chi connectivity index (χ3v) is 6.89. The summed E-state index contributed by atoms with van der Waals surface area (Å²) in [6, 6.07) is 0. The van der Waals surface area contributed by atoms with Crippen LogP contribution in [0.25, 0.3) is 0 Å². The van der Waals surface area contributed by atoms with Crippen LogP contribution >= 0.6 is 72.1 Å². The molecule has 0 aliphatic heterocycles. The number of rotatable bonds is 9. The molecule has 0 rings (SSSR count). The van der Waals surface area contributed by atoms with Gasteiger partial charge in [-0.1, -0.05) is 21.6 Å². The average molecular weight is 331 g/mol. The van der Waals surface area contributed by atoms with E-state index in [4.69, 9.17) is 0 Å². The zero-order valence-corrected chi connectivity index (χ0v) is 16.2. The summed E-state index contributed by atoms with van der Waals surface area (Å²) in [7, 11) is 3.64. The van der Waals surface area contributed by atoms with Gasteiger partial charge >= 0.3 is 29.6 Å². The normalized spacial score (nSPS) is 14.4. The summed E-state index contributed by atoms with van der Waals surface area (Å²) in [6.45, 7) is 0. The molecule has 0 bridgehead atoms. The van der Waals surface area contributed by atoms with Crippen molar-refractivity contribution in [1.29, 1.82) is 0 Å². The second-order valence-corrected chi connectivity index (χ2v) is 8.35. The minimum Gasteiger partial charge on any atom is -1.00 e. The summed E-state index contributed by atoms with van der Waals surface area (Å²) in [6.07, 6.45) is 4.52. The van der Waals surface area contributed by atoms with Crippen LogP contribution in [0.3, 0.4) is 0 Å². The Morgan fingerprint density at radius 2 is 1.20 bits per heavy atom. The molecule has 0 N–H and O–H groups in total. The fourth-order valence-corrected chi connectivity index (χ4v) is 4.51.